The van der Waals surface area contributed by atoms with E-state index in [2.05, 4.69) is 17.5 Å². The molecule has 0 fully saturated rings. The molecule has 0 unspecified atom stereocenters. The molecule has 7 heteroatoms. The Morgan fingerprint density at radius 1 is 0.972 bits per heavy atom. The fourth-order valence-electron chi connectivity index (χ4n) is 3.71. The summed E-state index contributed by atoms with van der Waals surface area (Å²) in [5, 5.41) is 4.90. The smallest absolute Gasteiger partial charge is 0.272 e. The Balaban J connectivity index is 1.58. The Hall–Kier alpha value is -4.39. The molecule has 0 aliphatic rings. The summed E-state index contributed by atoms with van der Waals surface area (Å²) in [6.45, 7) is 2.82. The lowest BCUT2D eigenvalue weighted by atomic mass is 10.0. The van der Waals surface area contributed by atoms with Gasteiger partial charge >= 0.3 is 0 Å². The average Bonchev–Trinajstić information content (AvgIpc) is 2.93. The Kier molecular flexibility index (Phi) is 8.13. The lowest BCUT2D eigenvalue weighted by Crippen LogP contribution is -2.18. The number of para-hydroxylation sites is 1. The van der Waals surface area contributed by atoms with Gasteiger partial charge in [-0.2, -0.15) is 5.10 Å². The van der Waals surface area contributed by atoms with E-state index >= 15 is 0 Å². The van der Waals surface area contributed by atoms with Crippen LogP contribution in [-0.4, -0.2) is 37.9 Å². The fraction of sp³-hybridized carbons (Fsp3) is 0.207. The molecule has 4 rings (SSSR count). The van der Waals surface area contributed by atoms with Crippen LogP contribution in [0.25, 0.3) is 22.2 Å². The maximum absolute atomic E-state index is 13.2. The topological polar surface area (TPSA) is 82.0 Å². The highest BCUT2D eigenvalue weighted by Gasteiger charge is 2.14. The van der Waals surface area contributed by atoms with Gasteiger partial charge in [-0.1, -0.05) is 31.5 Å². The summed E-state index contributed by atoms with van der Waals surface area (Å²) >= 11 is 0. The molecule has 0 atom stereocenters. The molecule has 0 aliphatic heterocycles. The summed E-state index contributed by atoms with van der Waals surface area (Å²) in [7, 11) is 3.16. The van der Waals surface area contributed by atoms with Gasteiger partial charge in [-0.15, -0.1) is 0 Å². The van der Waals surface area contributed by atoms with Crippen LogP contribution >= 0.6 is 0 Å². The zero-order valence-corrected chi connectivity index (χ0v) is 20.7. The van der Waals surface area contributed by atoms with Crippen LogP contribution in [0.1, 0.15) is 35.7 Å². The molecule has 0 bridgehead atoms. The van der Waals surface area contributed by atoms with Crippen LogP contribution in [0.5, 0.6) is 17.2 Å². The number of hydrazone groups is 1. The number of nitrogens with zero attached hydrogens (tertiary/aromatic N) is 2. The van der Waals surface area contributed by atoms with Crippen molar-refractivity contribution in [2.24, 2.45) is 5.10 Å². The van der Waals surface area contributed by atoms with Gasteiger partial charge in [0.1, 0.15) is 17.2 Å². The van der Waals surface area contributed by atoms with Gasteiger partial charge in [0, 0.05) is 22.6 Å². The monoisotopic (exact) mass is 483 g/mol. The normalized spacial score (nSPS) is 11.0. The van der Waals surface area contributed by atoms with Crippen molar-refractivity contribution in [1.29, 1.82) is 0 Å². The molecule has 0 aliphatic carbocycles. The average molecular weight is 484 g/mol. The Bertz CT molecular complexity index is 1370. The number of aromatic nitrogens is 1. The predicted octanol–water partition coefficient (Wildman–Crippen LogP) is 5.86. The third-order valence-corrected chi connectivity index (χ3v) is 5.69. The number of hydrogen-bond acceptors (Lipinski definition) is 6. The first-order valence-corrected chi connectivity index (χ1v) is 11.8. The molecule has 0 saturated heterocycles. The molecule has 4 aromatic rings. The van der Waals surface area contributed by atoms with Crippen molar-refractivity contribution in [2.45, 2.75) is 19.8 Å². The Labute approximate surface area is 210 Å². The van der Waals surface area contributed by atoms with E-state index in [0.29, 0.717) is 34.9 Å². The summed E-state index contributed by atoms with van der Waals surface area (Å²) in [5.74, 6) is 1.74. The van der Waals surface area contributed by atoms with Gasteiger partial charge in [0.2, 0.25) is 0 Å². The van der Waals surface area contributed by atoms with E-state index in [1.165, 1.54) is 6.21 Å². The lowest BCUT2D eigenvalue weighted by molar-refractivity contribution is 0.0956. The van der Waals surface area contributed by atoms with Gasteiger partial charge in [-0.25, -0.2) is 10.4 Å². The summed E-state index contributed by atoms with van der Waals surface area (Å²) in [6, 6.07) is 22.5. The standard InChI is InChI=1S/C29H29N3O4/c1-4-5-16-36-22-13-10-20(11-14-22)27-18-25(24-8-6-7-9-26(24)31-27)29(33)32-30-19-21-12-15-23(34-2)17-28(21)35-3/h6-15,17-19H,4-5,16H2,1-3H3,(H,32,33). The lowest BCUT2D eigenvalue weighted by Gasteiger charge is -2.10. The number of fused-ring (bicyclic) bond motifs is 1. The highest BCUT2D eigenvalue weighted by molar-refractivity contribution is 6.07. The van der Waals surface area contributed by atoms with Crippen molar-refractivity contribution in [3.63, 3.8) is 0 Å². The van der Waals surface area contributed by atoms with Gasteiger partial charge in [-0.3, -0.25) is 4.79 Å². The van der Waals surface area contributed by atoms with Gasteiger partial charge < -0.3 is 14.2 Å². The summed E-state index contributed by atoms with van der Waals surface area (Å²) in [4.78, 5) is 17.9. The van der Waals surface area contributed by atoms with Gasteiger partial charge in [0.15, 0.2) is 0 Å². The number of methoxy groups -OCH3 is 2. The van der Waals surface area contributed by atoms with Crippen LogP contribution in [0.15, 0.2) is 77.9 Å². The largest absolute Gasteiger partial charge is 0.497 e. The molecule has 184 valence electrons. The Morgan fingerprint density at radius 2 is 1.75 bits per heavy atom. The molecule has 36 heavy (non-hydrogen) atoms. The summed E-state index contributed by atoms with van der Waals surface area (Å²) in [5.41, 5.74) is 6.14. The van der Waals surface area contributed by atoms with Crippen molar-refractivity contribution in [3.05, 3.63) is 83.9 Å². The van der Waals surface area contributed by atoms with E-state index < -0.39 is 0 Å². The van der Waals surface area contributed by atoms with E-state index in [1.54, 1.807) is 32.4 Å². The number of rotatable bonds is 10. The van der Waals surface area contributed by atoms with E-state index in [-0.39, 0.29) is 5.91 Å². The maximum atomic E-state index is 13.2. The van der Waals surface area contributed by atoms with Gasteiger partial charge in [0.05, 0.1) is 43.8 Å². The molecule has 1 aromatic heterocycles. The molecule has 1 heterocycles. The molecule has 1 amide bonds. The van der Waals surface area contributed by atoms with Crippen molar-refractivity contribution >= 4 is 23.0 Å². The Morgan fingerprint density at radius 3 is 2.50 bits per heavy atom. The third kappa shape index (κ3) is 5.81. The molecule has 7 nitrogen and oxygen atoms in total. The van der Waals surface area contributed by atoms with Gasteiger partial charge in [-0.05, 0) is 55.0 Å². The number of nitrogens with one attached hydrogen (secondary N) is 1. The number of ether oxygens (including phenoxy) is 3. The number of unbranched alkanes of at least 4 members (excludes halogenated alkanes) is 1. The maximum Gasteiger partial charge on any atom is 0.272 e. The zero-order valence-electron chi connectivity index (χ0n) is 20.7. The van der Waals surface area contributed by atoms with Crippen LogP contribution in [0.2, 0.25) is 0 Å². The van der Waals surface area contributed by atoms with Crippen LogP contribution in [0.4, 0.5) is 0 Å². The molecule has 1 N–H and O–H groups in total. The second kappa shape index (κ2) is 11.8. The van der Waals surface area contributed by atoms with Crippen molar-refractivity contribution in [2.75, 3.05) is 20.8 Å². The van der Waals surface area contributed by atoms with Crippen LogP contribution in [0.3, 0.4) is 0 Å². The van der Waals surface area contributed by atoms with Crippen LogP contribution < -0.4 is 19.6 Å². The number of benzene rings is 3. The van der Waals surface area contributed by atoms with E-state index in [0.717, 1.165) is 35.1 Å². The number of carbonyl (C=O) groups is 1. The van der Waals surface area contributed by atoms with Crippen molar-refractivity contribution in [3.8, 4) is 28.5 Å². The minimum absolute atomic E-state index is 0.335. The fourth-order valence-corrected chi connectivity index (χ4v) is 3.71. The molecule has 0 saturated carbocycles. The number of amides is 1. The highest BCUT2D eigenvalue weighted by atomic mass is 16.5. The second-order valence-electron chi connectivity index (χ2n) is 8.11. The number of hydrogen-bond donors (Lipinski definition) is 1. The number of carbonyl (C=O) groups excluding carboxylic acids is 1. The highest BCUT2D eigenvalue weighted by Crippen LogP contribution is 2.27. The first-order valence-electron chi connectivity index (χ1n) is 11.8. The second-order valence-corrected chi connectivity index (χ2v) is 8.11. The molecule has 0 spiro atoms. The van der Waals surface area contributed by atoms with E-state index in [1.807, 2.05) is 54.6 Å². The minimum Gasteiger partial charge on any atom is -0.497 e. The molecule has 3 aromatic carbocycles. The van der Waals surface area contributed by atoms with Gasteiger partial charge in [0.25, 0.3) is 5.91 Å². The number of pyridine rings is 1. The first kappa shape index (κ1) is 24.7. The van der Waals surface area contributed by atoms with Crippen molar-refractivity contribution in [1.82, 2.24) is 10.4 Å². The predicted molar refractivity (Wildman–Crippen MR) is 142 cm³/mol. The SMILES string of the molecule is CCCCOc1ccc(-c2cc(C(=O)NN=Cc3ccc(OC)cc3OC)c3ccccc3n2)cc1. The molecular formula is C29H29N3O4. The third-order valence-electron chi connectivity index (χ3n) is 5.69. The van der Waals surface area contributed by atoms with E-state index in [9.17, 15) is 4.79 Å². The quantitative estimate of drug-likeness (QED) is 0.174. The first-order chi connectivity index (χ1) is 17.6. The van der Waals surface area contributed by atoms with Crippen molar-refractivity contribution < 1.29 is 19.0 Å². The zero-order chi connectivity index (χ0) is 25.3. The molecule has 0 radical (unpaired) electrons. The van der Waals surface area contributed by atoms with Crippen LogP contribution in [-0.2, 0) is 0 Å². The summed E-state index contributed by atoms with van der Waals surface area (Å²) in [6.07, 6.45) is 3.64. The molecular weight excluding hydrogens is 454 g/mol. The minimum atomic E-state index is -0.335. The van der Waals surface area contributed by atoms with Crippen LogP contribution in [0, 0.1) is 0 Å². The summed E-state index contributed by atoms with van der Waals surface area (Å²) < 4.78 is 16.4. The van der Waals surface area contributed by atoms with E-state index in [4.69, 9.17) is 19.2 Å².